The molecule has 1 atom stereocenters. The lowest BCUT2D eigenvalue weighted by Crippen LogP contribution is -2.28. The van der Waals surface area contributed by atoms with Crippen molar-refractivity contribution in [1.29, 1.82) is 0 Å². The van der Waals surface area contributed by atoms with Gasteiger partial charge in [0, 0.05) is 16.7 Å². The lowest BCUT2D eigenvalue weighted by atomic mass is 10.3. The van der Waals surface area contributed by atoms with Gasteiger partial charge in [-0.25, -0.2) is 4.39 Å². The van der Waals surface area contributed by atoms with Crippen LogP contribution in [-0.4, -0.2) is 22.0 Å². The van der Waals surface area contributed by atoms with Crippen LogP contribution in [0.15, 0.2) is 29.1 Å². The molecule has 2 aromatic rings. The molecule has 1 aromatic carbocycles. The minimum absolute atomic E-state index is 0.0346. The lowest BCUT2D eigenvalue weighted by molar-refractivity contribution is 0.415. The van der Waals surface area contributed by atoms with Crippen LogP contribution >= 0.6 is 22.6 Å². The van der Waals surface area contributed by atoms with Crippen LogP contribution in [0.3, 0.4) is 0 Å². The number of unbranched alkanes of at least 4 members (excludes halogenated alkanes) is 1. The fourth-order valence-corrected chi connectivity index (χ4v) is 4.10. The van der Waals surface area contributed by atoms with E-state index in [9.17, 15) is 17.9 Å². The van der Waals surface area contributed by atoms with E-state index in [0.29, 0.717) is 9.99 Å². The fraction of sp³-hybridized carbons (Fsp3) is 0.353. The second-order valence-electron chi connectivity index (χ2n) is 5.88. The Labute approximate surface area is 171 Å². The number of aromatic nitrogens is 1. The van der Waals surface area contributed by atoms with Gasteiger partial charge >= 0.3 is 10.4 Å². The molecule has 7 nitrogen and oxygen atoms in total. The van der Waals surface area contributed by atoms with Crippen molar-refractivity contribution in [3.63, 3.8) is 0 Å². The molecule has 1 heterocycles. The molecule has 0 saturated carbocycles. The number of benzene rings is 1. The van der Waals surface area contributed by atoms with E-state index in [1.54, 1.807) is 6.07 Å². The standard InChI is InChI=1S/C17H21FIN3O4S/c1-4-5-8-27(24,25)21-16-14(26-3)10-15(23)22(2)17(16)20-13-7-6-11(19)9-12(13)18/h6-7,9-10H,4-5,8H2,1-3H3,(H2-,20,21,23,24,25)/p+1. The van der Waals surface area contributed by atoms with Crippen LogP contribution in [0.4, 0.5) is 21.6 Å². The summed E-state index contributed by atoms with van der Waals surface area (Å²) in [7, 11) is -0.596. The van der Waals surface area contributed by atoms with Crippen LogP contribution in [0.1, 0.15) is 19.8 Å². The predicted octanol–water partition coefficient (Wildman–Crippen LogP) is 3.98. The summed E-state index contributed by atoms with van der Waals surface area (Å²) in [6.45, 7) is 1.91. The van der Waals surface area contributed by atoms with Gasteiger partial charge in [0.05, 0.1) is 12.8 Å². The molecule has 0 fully saturated rings. The van der Waals surface area contributed by atoms with Gasteiger partial charge in [-0.05, 0) is 51.4 Å². The zero-order valence-corrected chi connectivity index (χ0v) is 18.2. The third-order valence-electron chi connectivity index (χ3n) is 3.84. The van der Waals surface area contributed by atoms with Gasteiger partial charge in [-0.1, -0.05) is 13.3 Å². The molecule has 0 radical (unpaired) electrons. The molecule has 1 aromatic heterocycles. The molecule has 10 heteroatoms. The molecular formula is C17H22FIN3O4S+. The predicted molar refractivity (Wildman–Crippen MR) is 115 cm³/mol. The highest BCUT2D eigenvalue weighted by Crippen LogP contribution is 2.35. The van der Waals surface area contributed by atoms with E-state index in [2.05, 4.69) is 10.0 Å². The Morgan fingerprint density at radius 2 is 2.07 bits per heavy atom. The van der Waals surface area contributed by atoms with Crippen molar-refractivity contribution in [3.8, 4) is 5.75 Å². The Kier molecular flexibility index (Phi) is 7.23. The molecule has 0 spiro atoms. The maximum absolute atomic E-state index is 14.3. The third kappa shape index (κ3) is 5.42. The number of ether oxygens (including phenoxy) is 1. The summed E-state index contributed by atoms with van der Waals surface area (Å²) in [6, 6.07) is 5.77. The van der Waals surface area contributed by atoms with Crippen LogP contribution in [0, 0.1) is 9.39 Å². The van der Waals surface area contributed by atoms with E-state index in [-0.39, 0.29) is 28.7 Å². The van der Waals surface area contributed by atoms with Gasteiger partial charge < -0.3 is 10.1 Å². The summed E-state index contributed by atoms with van der Waals surface area (Å²) < 4.78 is 46.7. The van der Waals surface area contributed by atoms with Crippen molar-refractivity contribution < 1.29 is 17.9 Å². The summed E-state index contributed by atoms with van der Waals surface area (Å²) in [6.07, 6.45) is 1.30. The van der Waals surface area contributed by atoms with Gasteiger partial charge in [0.1, 0.15) is 11.6 Å². The minimum Gasteiger partial charge on any atom is -0.494 e. The largest absolute Gasteiger partial charge is 0.494 e. The SMILES string of the molecule is CCCC[S+](=O)(O)Nc1c(OC)cc(=O)n(C)c1Nc1ccc(I)cc1F. The summed E-state index contributed by atoms with van der Waals surface area (Å²) in [5.74, 6) is -0.270. The van der Waals surface area contributed by atoms with Crippen LogP contribution < -0.4 is 20.3 Å². The first-order valence-corrected chi connectivity index (χ1v) is 11.0. The van der Waals surface area contributed by atoms with Crippen LogP contribution in [0.25, 0.3) is 0 Å². The monoisotopic (exact) mass is 510 g/mol. The van der Waals surface area contributed by atoms with Crippen molar-refractivity contribution in [3.05, 3.63) is 44.0 Å². The molecule has 148 valence electrons. The van der Waals surface area contributed by atoms with E-state index in [1.165, 1.54) is 36.9 Å². The molecule has 0 bridgehead atoms. The lowest BCUT2D eigenvalue weighted by Gasteiger charge is -2.19. The smallest absolute Gasteiger partial charge is 0.311 e. The molecule has 3 N–H and O–H groups in total. The van der Waals surface area contributed by atoms with Crippen molar-refractivity contribution in [1.82, 2.24) is 4.57 Å². The average molecular weight is 510 g/mol. The highest BCUT2D eigenvalue weighted by atomic mass is 127. The summed E-state index contributed by atoms with van der Waals surface area (Å²) in [5, 5.41) is 2.84. The van der Waals surface area contributed by atoms with Gasteiger partial charge in [0.25, 0.3) is 5.56 Å². The van der Waals surface area contributed by atoms with E-state index in [0.717, 1.165) is 6.42 Å². The van der Waals surface area contributed by atoms with Crippen LogP contribution in [0.2, 0.25) is 0 Å². The van der Waals surface area contributed by atoms with E-state index in [1.807, 2.05) is 29.5 Å². The Hall–Kier alpha value is -1.66. The second-order valence-corrected chi connectivity index (χ2v) is 9.02. The molecule has 27 heavy (non-hydrogen) atoms. The number of methoxy groups -OCH3 is 1. The number of hydrogen-bond acceptors (Lipinski definition) is 4. The van der Waals surface area contributed by atoms with Gasteiger partial charge in [-0.15, -0.1) is 0 Å². The Bertz CT molecular complexity index is 935. The van der Waals surface area contributed by atoms with E-state index < -0.39 is 21.8 Å². The first-order valence-electron chi connectivity index (χ1n) is 8.20. The molecule has 0 aliphatic heterocycles. The number of anilines is 3. The maximum Gasteiger partial charge on any atom is 0.311 e. The molecular weight excluding hydrogens is 488 g/mol. The van der Waals surface area contributed by atoms with E-state index in [4.69, 9.17) is 4.74 Å². The number of nitrogens with one attached hydrogen (secondary N) is 2. The van der Waals surface area contributed by atoms with Crippen molar-refractivity contribution in [2.75, 3.05) is 22.9 Å². The topological polar surface area (TPSA) is 92.6 Å². The first-order chi connectivity index (χ1) is 12.7. The molecule has 0 saturated heterocycles. The van der Waals surface area contributed by atoms with Gasteiger partial charge in [0.2, 0.25) is 0 Å². The first kappa shape index (κ1) is 21.6. The van der Waals surface area contributed by atoms with Crippen molar-refractivity contribution in [2.24, 2.45) is 7.05 Å². The van der Waals surface area contributed by atoms with Crippen LogP contribution in [-0.2, 0) is 21.7 Å². The number of pyridine rings is 1. The summed E-state index contributed by atoms with van der Waals surface area (Å²) in [5.41, 5.74) is -0.176. The maximum atomic E-state index is 14.3. The minimum atomic E-state index is -3.42. The second kappa shape index (κ2) is 9.02. The number of rotatable bonds is 8. The van der Waals surface area contributed by atoms with Crippen molar-refractivity contribution >= 4 is 50.2 Å². The van der Waals surface area contributed by atoms with Gasteiger partial charge in [-0.3, -0.25) is 9.36 Å². The number of hydrogen-bond donors (Lipinski definition) is 3. The highest BCUT2D eigenvalue weighted by molar-refractivity contribution is 14.1. The quantitative estimate of drug-likeness (QED) is 0.369. The van der Waals surface area contributed by atoms with Crippen LogP contribution in [0.5, 0.6) is 5.75 Å². The van der Waals surface area contributed by atoms with Gasteiger partial charge in [0.15, 0.2) is 17.2 Å². The fourth-order valence-electron chi connectivity index (χ4n) is 2.35. The Morgan fingerprint density at radius 1 is 1.37 bits per heavy atom. The molecule has 1 unspecified atom stereocenters. The summed E-state index contributed by atoms with van der Waals surface area (Å²) in [4.78, 5) is 12.2. The Balaban J connectivity index is 2.55. The summed E-state index contributed by atoms with van der Waals surface area (Å²) >= 11 is 1.99. The number of nitrogens with zero attached hydrogens (tertiary/aromatic N) is 1. The zero-order chi connectivity index (χ0) is 20.2. The van der Waals surface area contributed by atoms with Crippen molar-refractivity contribution in [2.45, 2.75) is 19.8 Å². The van der Waals surface area contributed by atoms with E-state index >= 15 is 0 Å². The Morgan fingerprint density at radius 3 is 2.67 bits per heavy atom. The molecule has 2 rings (SSSR count). The van der Waals surface area contributed by atoms with Gasteiger partial charge in [-0.2, -0.15) is 9.27 Å². The number of halogens is 2. The third-order valence-corrected chi connectivity index (χ3v) is 5.88. The highest BCUT2D eigenvalue weighted by Gasteiger charge is 2.29. The average Bonchev–Trinajstić information content (AvgIpc) is 2.61. The zero-order valence-electron chi connectivity index (χ0n) is 15.2. The molecule has 0 aliphatic carbocycles. The normalized spacial score (nSPS) is 13.1. The molecule has 0 aliphatic rings. The molecule has 0 amide bonds.